The first-order valence-electron chi connectivity index (χ1n) is 5.26. The Morgan fingerprint density at radius 3 is 2.82 bits per heavy atom. The zero-order chi connectivity index (χ0) is 12.3. The van der Waals surface area contributed by atoms with Crippen LogP contribution < -0.4 is 5.32 Å². The second-order valence-corrected chi connectivity index (χ2v) is 5.01. The summed E-state index contributed by atoms with van der Waals surface area (Å²) in [5, 5.41) is 4.10. The molecule has 0 bridgehead atoms. The molecular weight excluding hydrogens is 300 g/mol. The van der Waals surface area contributed by atoms with Crippen molar-refractivity contribution < 1.29 is 0 Å². The number of halogens is 2. The van der Waals surface area contributed by atoms with Crippen molar-refractivity contribution in [1.82, 2.24) is 4.98 Å². The molecule has 1 N–H and O–H groups in total. The predicted octanol–water partition coefficient (Wildman–Crippen LogP) is 4.42. The standard InChI is InChI=1S/C13H12BrClN2/c1-9-7-10(15)5-6-12(9)16-8-11-3-2-4-13(14)17-11/h2-7,16H,8H2,1H3. The number of anilines is 1. The largest absolute Gasteiger partial charge is 0.379 e. The number of rotatable bonds is 3. The number of nitrogens with zero attached hydrogens (tertiary/aromatic N) is 1. The molecule has 0 unspecified atom stereocenters. The van der Waals surface area contributed by atoms with Crippen LogP contribution in [0.3, 0.4) is 0 Å². The third-order valence-corrected chi connectivity index (χ3v) is 3.10. The van der Waals surface area contributed by atoms with E-state index < -0.39 is 0 Å². The van der Waals surface area contributed by atoms with Crippen molar-refractivity contribution in [3.63, 3.8) is 0 Å². The number of aromatic nitrogens is 1. The molecule has 0 saturated carbocycles. The molecule has 2 aromatic rings. The number of hydrogen-bond donors (Lipinski definition) is 1. The fraction of sp³-hybridized carbons (Fsp3) is 0.154. The predicted molar refractivity (Wildman–Crippen MR) is 75.5 cm³/mol. The maximum Gasteiger partial charge on any atom is 0.106 e. The van der Waals surface area contributed by atoms with Crippen molar-refractivity contribution >= 4 is 33.2 Å². The maximum atomic E-state index is 5.91. The summed E-state index contributed by atoms with van der Waals surface area (Å²) < 4.78 is 0.852. The van der Waals surface area contributed by atoms with E-state index in [4.69, 9.17) is 11.6 Å². The molecule has 0 atom stereocenters. The fourth-order valence-corrected chi connectivity index (χ4v) is 2.17. The van der Waals surface area contributed by atoms with E-state index in [-0.39, 0.29) is 0 Å². The average Bonchev–Trinajstić information content (AvgIpc) is 2.28. The van der Waals surface area contributed by atoms with Gasteiger partial charge < -0.3 is 5.32 Å². The highest BCUT2D eigenvalue weighted by atomic mass is 79.9. The topological polar surface area (TPSA) is 24.9 Å². The lowest BCUT2D eigenvalue weighted by molar-refractivity contribution is 1.03. The Balaban J connectivity index is 2.07. The van der Waals surface area contributed by atoms with E-state index in [1.807, 2.05) is 43.3 Å². The van der Waals surface area contributed by atoms with Crippen LogP contribution in [-0.4, -0.2) is 4.98 Å². The van der Waals surface area contributed by atoms with Gasteiger partial charge in [0, 0.05) is 10.7 Å². The van der Waals surface area contributed by atoms with Gasteiger partial charge in [0.2, 0.25) is 0 Å². The Morgan fingerprint density at radius 2 is 2.12 bits per heavy atom. The third kappa shape index (κ3) is 3.45. The van der Waals surface area contributed by atoms with E-state index in [0.717, 1.165) is 26.6 Å². The zero-order valence-corrected chi connectivity index (χ0v) is 11.7. The quantitative estimate of drug-likeness (QED) is 0.849. The van der Waals surface area contributed by atoms with Crippen LogP contribution in [0.2, 0.25) is 5.02 Å². The minimum atomic E-state index is 0.696. The van der Waals surface area contributed by atoms with Crippen LogP contribution in [0.4, 0.5) is 5.69 Å². The molecule has 0 aliphatic carbocycles. The van der Waals surface area contributed by atoms with Gasteiger partial charge in [-0.2, -0.15) is 0 Å². The van der Waals surface area contributed by atoms with Crippen LogP contribution in [0.5, 0.6) is 0 Å². The lowest BCUT2D eigenvalue weighted by Gasteiger charge is -2.09. The summed E-state index contributed by atoms with van der Waals surface area (Å²) in [6.45, 7) is 2.73. The Morgan fingerprint density at radius 1 is 1.29 bits per heavy atom. The normalized spacial score (nSPS) is 10.3. The van der Waals surface area contributed by atoms with Crippen molar-refractivity contribution in [2.24, 2.45) is 0 Å². The van der Waals surface area contributed by atoms with Crippen LogP contribution in [0, 0.1) is 6.92 Å². The molecule has 1 aromatic carbocycles. The lowest BCUT2D eigenvalue weighted by Crippen LogP contribution is -2.02. The van der Waals surface area contributed by atoms with E-state index >= 15 is 0 Å². The van der Waals surface area contributed by atoms with Gasteiger partial charge in [0.05, 0.1) is 12.2 Å². The molecule has 1 heterocycles. The van der Waals surface area contributed by atoms with Gasteiger partial charge in [-0.3, -0.25) is 0 Å². The third-order valence-electron chi connectivity index (χ3n) is 2.42. The molecule has 0 spiro atoms. The Hall–Kier alpha value is -1.06. The highest BCUT2D eigenvalue weighted by molar-refractivity contribution is 9.10. The van der Waals surface area contributed by atoms with Crippen molar-refractivity contribution in [2.75, 3.05) is 5.32 Å². The van der Waals surface area contributed by atoms with Crippen LogP contribution in [0.15, 0.2) is 41.0 Å². The van der Waals surface area contributed by atoms with Crippen LogP contribution in [0.1, 0.15) is 11.3 Å². The highest BCUT2D eigenvalue weighted by Gasteiger charge is 2.00. The van der Waals surface area contributed by atoms with Gasteiger partial charge in [0.1, 0.15) is 4.60 Å². The fourth-order valence-electron chi connectivity index (χ4n) is 1.56. The number of aryl methyl sites for hydroxylation is 1. The molecule has 0 fully saturated rings. The average molecular weight is 312 g/mol. The maximum absolute atomic E-state index is 5.91. The summed E-state index contributed by atoms with van der Waals surface area (Å²) in [5.74, 6) is 0. The number of nitrogens with one attached hydrogen (secondary N) is 1. The Kier molecular flexibility index (Phi) is 4.02. The lowest BCUT2D eigenvalue weighted by atomic mass is 10.2. The van der Waals surface area contributed by atoms with E-state index in [9.17, 15) is 0 Å². The minimum absolute atomic E-state index is 0.696. The molecule has 0 aliphatic heterocycles. The molecular formula is C13H12BrClN2. The van der Waals surface area contributed by atoms with Gasteiger partial charge in [-0.15, -0.1) is 0 Å². The first-order chi connectivity index (χ1) is 8.15. The molecule has 2 nitrogen and oxygen atoms in total. The van der Waals surface area contributed by atoms with Gasteiger partial charge in [-0.1, -0.05) is 17.7 Å². The molecule has 0 radical (unpaired) electrons. The second kappa shape index (κ2) is 5.52. The number of pyridine rings is 1. The van der Waals surface area contributed by atoms with Crippen molar-refractivity contribution in [1.29, 1.82) is 0 Å². The Labute approximate surface area is 114 Å². The molecule has 0 amide bonds. The molecule has 0 saturated heterocycles. The molecule has 2 rings (SSSR count). The number of benzene rings is 1. The summed E-state index contributed by atoms with van der Waals surface area (Å²) in [6.07, 6.45) is 0. The molecule has 4 heteroatoms. The van der Waals surface area contributed by atoms with Crippen LogP contribution >= 0.6 is 27.5 Å². The smallest absolute Gasteiger partial charge is 0.106 e. The molecule has 0 aliphatic rings. The molecule has 1 aromatic heterocycles. The summed E-state index contributed by atoms with van der Waals surface area (Å²) in [6, 6.07) is 11.7. The van der Waals surface area contributed by atoms with E-state index in [0.29, 0.717) is 6.54 Å². The first kappa shape index (κ1) is 12.4. The van der Waals surface area contributed by atoms with Gasteiger partial charge in [0.15, 0.2) is 0 Å². The summed E-state index contributed by atoms with van der Waals surface area (Å²) in [7, 11) is 0. The zero-order valence-electron chi connectivity index (χ0n) is 9.37. The van der Waals surface area contributed by atoms with Gasteiger partial charge in [-0.05, 0) is 58.7 Å². The monoisotopic (exact) mass is 310 g/mol. The Bertz CT molecular complexity index is 529. The van der Waals surface area contributed by atoms with Crippen molar-refractivity contribution in [2.45, 2.75) is 13.5 Å². The van der Waals surface area contributed by atoms with Crippen LogP contribution in [-0.2, 0) is 6.54 Å². The SMILES string of the molecule is Cc1cc(Cl)ccc1NCc1cccc(Br)n1. The second-order valence-electron chi connectivity index (χ2n) is 3.76. The van der Waals surface area contributed by atoms with E-state index in [2.05, 4.69) is 26.2 Å². The highest BCUT2D eigenvalue weighted by Crippen LogP contribution is 2.20. The van der Waals surface area contributed by atoms with E-state index in [1.54, 1.807) is 0 Å². The molecule has 17 heavy (non-hydrogen) atoms. The molecule has 88 valence electrons. The van der Waals surface area contributed by atoms with E-state index in [1.165, 1.54) is 0 Å². The van der Waals surface area contributed by atoms with Crippen molar-refractivity contribution in [3.05, 3.63) is 57.3 Å². The minimum Gasteiger partial charge on any atom is -0.379 e. The van der Waals surface area contributed by atoms with Gasteiger partial charge in [0.25, 0.3) is 0 Å². The summed E-state index contributed by atoms with van der Waals surface area (Å²) in [4.78, 5) is 4.36. The van der Waals surface area contributed by atoms with Crippen molar-refractivity contribution in [3.8, 4) is 0 Å². The summed E-state index contributed by atoms with van der Waals surface area (Å²) in [5.41, 5.74) is 3.21. The number of hydrogen-bond acceptors (Lipinski definition) is 2. The van der Waals surface area contributed by atoms with Gasteiger partial charge in [-0.25, -0.2) is 4.98 Å². The first-order valence-corrected chi connectivity index (χ1v) is 6.44. The van der Waals surface area contributed by atoms with Gasteiger partial charge >= 0.3 is 0 Å². The summed E-state index contributed by atoms with van der Waals surface area (Å²) >= 11 is 9.26. The van der Waals surface area contributed by atoms with Crippen LogP contribution in [0.25, 0.3) is 0 Å².